The number of nitrogens with zero attached hydrogens (tertiary/aromatic N) is 3. The Balaban J connectivity index is 1.91. The van der Waals surface area contributed by atoms with E-state index in [1.807, 2.05) is 43.3 Å². The molecule has 0 aliphatic heterocycles. The standard InChI is InChI=1S/C17H15ClN4O/c1-12(14-9-5-6-10-19-14)21-15-11-20-22(17(23)16(15)18)13-7-3-2-4-8-13/h2-12,21H,1H3/t12-/m1/s1. The molecule has 3 rings (SSSR count). The molecule has 0 spiro atoms. The number of aromatic nitrogens is 3. The molecule has 0 saturated heterocycles. The van der Waals surface area contributed by atoms with E-state index < -0.39 is 0 Å². The first-order valence-electron chi connectivity index (χ1n) is 7.17. The molecule has 0 bridgehead atoms. The molecule has 1 N–H and O–H groups in total. The van der Waals surface area contributed by atoms with Gasteiger partial charge in [-0.3, -0.25) is 9.78 Å². The molecule has 0 amide bonds. The average molecular weight is 327 g/mol. The first-order chi connectivity index (χ1) is 11.2. The summed E-state index contributed by atoms with van der Waals surface area (Å²) in [5, 5.41) is 7.47. The van der Waals surface area contributed by atoms with Gasteiger partial charge in [-0.25, -0.2) is 0 Å². The topological polar surface area (TPSA) is 59.8 Å². The maximum atomic E-state index is 12.4. The largest absolute Gasteiger partial charge is 0.374 e. The van der Waals surface area contributed by atoms with Crippen molar-refractivity contribution < 1.29 is 0 Å². The smallest absolute Gasteiger partial charge is 0.292 e. The van der Waals surface area contributed by atoms with Gasteiger partial charge < -0.3 is 5.32 Å². The molecule has 0 aliphatic carbocycles. The van der Waals surface area contributed by atoms with E-state index in [9.17, 15) is 4.79 Å². The van der Waals surface area contributed by atoms with Crippen LogP contribution in [0.5, 0.6) is 0 Å². The van der Waals surface area contributed by atoms with Crippen LogP contribution in [0.2, 0.25) is 5.02 Å². The van der Waals surface area contributed by atoms with E-state index in [0.717, 1.165) is 5.69 Å². The highest BCUT2D eigenvalue weighted by atomic mass is 35.5. The summed E-state index contributed by atoms with van der Waals surface area (Å²) in [4.78, 5) is 16.7. The van der Waals surface area contributed by atoms with Gasteiger partial charge in [0.05, 0.1) is 29.3 Å². The maximum Gasteiger partial charge on any atom is 0.292 e. The zero-order chi connectivity index (χ0) is 16.2. The molecule has 5 nitrogen and oxygen atoms in total. The van der Waals surface area contributed by atoms with Crippen molar-refractivity contribution in [3.8, 4) is 5.69 Å². The first-order valence-corrected chi connectivity index (χ1v) is 7.55. The molecule has 2 aromatic heterocycles. The fraction of sp³-hybridized carbons (Fsp3) is 0.118. The number of halogens is 1. The highest BCUT2D eigenvalue weighted by molar-refractivity contribution is 6.32. The summed E-state index contributed by atoms with van der Waals surface area (Å²) < 4.78 is 1.28. The molecule has 3 aromatic rings. The van der Waals surface area contributed by atoms with Gasteiger partial charge in [-0.05, 0) is 31.2 Å². The minimum absolute atomic E-state index is 0.0949. The number of para-hydroxylation sites is 1. The highest BCUT2D eigenvalue weighted by Gasteiger charge is 2.13. The van der Waals surface area contributed by atoms with Crippen LogP contribution in [-0.4, -0.2) is 14.8 Å². The van der Waals surface area contributed by atoms with Crippen LogP contribution in [0.15, 0.2) is 65.7 Å². The van der Waals surface area contributed by atoms with Crippen molar-refractivity contribution in [2.24, 2.45) is 0 Å². The number of hydrogen-bond donors (Lipinski definition) is 1. The second-order valence-electron chi connectivity index (χ2n) is 5.05. The predicted octanol–water partition coefficient (Wildman–Crippen LogP) is 3.45. The first kappa shape index (κ1) is 15.2. The van der Waals surface area contributed by atoms with Gasteiger partial charge in [0.2, 0.25) is 0 Å². The number of benzene rings is 1. The number of hydrogen-bond acceptors (Lipinski definition) is 4. The highest BCUT2D eigenvalue weighted by Crippen LogP contribution is 2.22. The molecule has 6 heteroatoms. The summed E-state index contributed by atoms with van der Waals surface area (Å²) in [5.74, 6) is 0. The van der Waals surface area contributed by atoms with Crippen LogP contribution in [0.3, 0.4) is 0 Å². The normalized spacial score (nSPS) is 11.9. The number of anilines is 1. The van der Waals surface area contributed by atoms with Gasteiger partial charge in [-0.1, -0.05) is 35.9 Å². The van der Waals surface area contributed by atoms with Crippen molar-refractivity contribution in [2.75, 3.05) is 5.32 Å². The quantitative estimate of drug-likeness (QED) is 0.797. The monoisotopic (exact) mass is 326 g/mol. The second-order valence-corrected chi connectivity index (χ2v) is 5.42. The van der Waals surface area contributed by atoms with E-state index in [-0.39, 0.29) is 16.6 Å². The zero-order valence-electron chi connectivity index (χ0n) is 12.5. The van der Waals surface area contributed by atoms with Gasteiger partial charge >= 0.3 is 0 Å². The van der Waals surface area contributed by atoms with Gasteiger partial charge in [-0.15, -0.1) is 0 Å². The SMILES string of the molecule is C[C@@H](Nc1cnn(-c2ccccc2)c(=O)c1Cl)c1ccccn1. The third-order valence-corrected chi connectivity index (χ3v) is 3.79. The van der Waals surface area contributed by atoms with Gasteiger partial charge in [0.1, 0.15) is 5.02 Å². The van der Waals surface area contributed by atoms with Crippen molar-refractivity contribution in [3.05, 3.63) is 82.0 Å². The van der Waals surface area contributed by atoms with Gasteiger partial charge in [0, 0.05) is 6.20 Å². The maximum absolute atomic E-state index is 12.4. The van der Waals surface area contributed by atoms with Crippen molar-refractivity contribution in [3.63, 3.8) is 0 Å². The molecule has 0 saturated carbocycles. The summed E-state index contributed by atoms with van der Waals surface area (Å²) in [6, 6.07) is 14.7. The lowest BCUT2D eigenvalue weighted by molar-refractivity contribution is 0.793. The van der Waals surface area contributed by atoms with E-state index in [4.69, 9.17) is 11.6 Å². The predicted molar refractivity (Wildman–Crippen MR) is 91.1 cm³/mol. The van der Waals surface area contributed by atoms with Crippen molar-refractivity contribution >= 4 is 17.3 Å². The van der Waals surface area contributed by atoms with Crippen molar-refractivity contribution in [1.29, 1.82) is 0 Å². The Bertz CT molecular complexity index is 849. The van der Waals surface area contributed by atoms with Crippen LogP contribution in [0.1, 0.15) is 18.7 Å². The molecule has 23 heavy (non-hydrogen) atoms. The van der Waals surface area contributed by atoms with Crippen LogP contribution < -0.4 is 10.9 Å². The Kier molecular flexibility index (Phi) is 4.39. The van der Waals surface area contributed by atoms with Gasteiger partial charge in [-0.2, -0.15) is 9.78 Å². The van der Waals surface area contributed by atoms with Crippen LogP contribution in [0.4, 0.5) is 5.69 Å². The van der Waals surface area contributed by atoms with E-state index in [1.165, 1.54) is 4.68 Å². The molecule has 1 atom stereocenters. The van der Waals surface area contributed by atoms with Crippen LogP contribution >= 0.6 is 11.6 Å². The summed E-state index contributed by atoms with van der Waals surface area (Å²) in [6.07, 6.45) is 3.27. The lowest BCUT2D eigenvalue weighted by atomic mass is 10.2. The molecule has 0 aliphatic rings. The number of pyridine rings is 1. The Morgan fingerprint density at radius 1 is 1.13 bits per heavy atom. The Morgan fingerprint density at radius 3 is 2.57 bits per heavy atom. The molecule has 1 aromatic carbocycles. The van der Waals surface area contributed by atoms with Crippen molar-refractivity contribution in [1.82, 2.24) is 14.8 Å². The lowest BCUT2D eigenvalue weighted by Gasteiger charge is -2.16. The minimum Gasteiger partial charge on any atom is -0.374 e. The third kappa shape index (κ3) is 3.24. The summed E-state index contributed by atoms with van der Waals surface area (Å²) in [7, 11) is 0. The Labute approximate surface area is 138 Å². The van der Waals surface area contributed by atoms with Gasteiger partial charge in [0.15, 0.2) is 0 Å². The van der Waals surface area contributed by atoms with Crippen molar-refractivity contribution in [2.45, 2.75) is 13.0 Å². The molecule has 2 heterocycles. The lowest BCUT2D eigenvalue weighted by Crippen LogP contribution is -2.23. The molecule has 0 unspecified atom stereocenters. The second kappa shape index (κ2) is 6.62. The molecule has 116 valence electrons. The fourth-order valence-corrected chi connectivity index (χ4v) is 2.41. The number of nitrogens with one attached hydrogen (secondary N) is 1. The van der Waals surface area contributed by atoms with Crippen LogP contribution in [0, 0.1) is 0 Å². The Morgan fingerprint density at radius 2 is 1.87 bits per heavy atom. The van der Waals surface area contributed by atoms with E-state index >= 15 is 0 Å². The minimum atomic E-state index is -0.365. The summed E-state index contributed by atoms with van der Waals surface area (Å²) in [6.45, 7) is 1.95. The molecule has 0 fully saturated rings. The number of rotatable bonds is 4. The van der Waals surface area contributed by atoms with E-state index in [2.05, 4.69) is 15.4 Å². The third-order valence-electron chi connectivity index (χ3n) is 3.42. The molecular formula is C17H15ClN4O. The average Bonchev–Trinajstić information content (AvgIpc) is 2.60. The van der Waals surface area contributed by atoms with Crippen LogP contribution in [0.25, 0.3) is 5.69 Å². The molecular weight excluding hydrogens is 312 g/mol. The van der Waals surface area contributed by atoms with Gasteiger partial charge in [0.25, 0.3) is 5.56 Å². The summed E-state index contributed by atoms with van der Waals surface area (Å²) >= 11 is 6.22. The zero-order valence-corrected chi connectivity index (χ0v) is 13.2. The summed E-state index contributed by atoms with van der Waals surface area (Å²) in [5.41, 5.74) is 1.65. The fourth-order valence-electron chi connectivity index (χ4n) is 2.23. The Hall–Kier alpha value is -2.66. The van der Waals surface area contributed by atoms with E-state index in [0.29, 0.717) is 11.4 Å². The van der Waals surface area contributed by atoms with Crippen LogP contribution in [-0.2, 0) is 0 Å². The molecule has 0 radical (unpaired) electrons. The van der Waals surface area contributed by atoms with E-state index in [1.54, 1.807) is 24.5 Å².